The van der Waals surface area contributed by atoms with Crippen LogP contribution in [0.5, 0.6) is 5.75 Å². The van der Waals surface area contributed by atoms with Crippen LogP contribution in [0.4, 0.5) is 5.69 Å². The Bertz CT molecular complexity index is 440. The highest BCUT2D eigenvalue weighted by Gasteiger charge is 2.16. The Morgan fingerprint density at radius 3 is 2.78 bits per heavy atom. The fourth-order valence-electron chi connectivity index (χ4n) is 1.36. The molecule has 0 radical (unpaired) electrons. The lowest BCUT2D eigenvalue weighted by Crippen LogP contribution is -2.34. The number of halogens is 2. The Kier molecular flexibility index (Phi) is 5.91. The van der Waals surface area contributed by atoms with Crippen molar-refractivity contribution in [3.63, 3.8) is 0 Å². The average Bonchev–Trinajstić information content (AvgIpc) is 2.32. The minimum absolute atomic E-state index is 0.257. The molecule has 0 aliphatic heterocycles. The number of nitrogens with two attached hydrogens (primary N) is 1. The average molecular weight is 336 g/mol. The first-order valence-electron chi connectivity index (χ1n) is 5.67. The molecule has 100 valence electrons. The van der Waals surface area contributed by atoms with Crippen molar-refractivity contribution in [3.05, 3.63) is 21.6 Å². The van der Waals surface area contributed by atoms with Gasteiger partial charge in [-0.3, -0.25) is 4.79 Å². The zero-order valence-corrected chi connectivity index (χ0v) is 12.6. The summed E-state index contributed by atoms with van der Waals surface area (Å²) < 4.78 is 6.17. The molecule has 1 atom stereocenters. The van der Waals surface area contributed by atoms with E-state index in [9.17, 15) is 4.79 Å². The number of amides is 1. The smallest absolute Gasteiger partial charge is 0.241 e. The zero-order valence-electron chi connectivity index (χ0n) is 10.3. The van der Waals surface area contributed by atoms with Crippen LogP contribution in [0, 0.1) is 0 Å². The van der Waals surface area contributed by atoms with Gasteiger partial charge in [0.25, 0.3) is 0 Å². The van der Waals surface area contributed by atoms with Crippen LogP contribution in [0.15, 0.2) is 16.6 Å². The fourth-order valence-corrected chi connectivity index (χ4v) is 2.28. The van der Waals surface area contributed by atoms with Crippen LogP contribution < -0.4 is 15.8 Å². The lowest BCUT2D eigenvalue weighted by atomic mass is 10.2. The van der Waals surface area contributed by atoms with Crippen LogP contribution >= 0.6 is 27.5 Å². The molecular formula is C12H16BrClN2O2. The van der Waals surface area contributed by atoms with Gasteiger partial charge in [0.1, 0.15) is 0 Å². The summed E-state index contributed by atoms with van der Waals surface area (Å²) in [5.74, 6) is 0.297. The number of anilines is 1. The highest BCUT2D eigenvalue weighted by Crippen LogP contribution is 2.36. The van der Waals surface area contributed by atoms with E-state index < -0.39 is 6.04 Å². The Labute approximate surface area is 120 Å². The van der Waals surface area contributed by atoms with Gasteiger partial charge in [-0.2, -0.15) is 0 Å². The molecule has 0 spiro atoms. The lowest BCUT2D eigenvalue weighted by molar-refractivity contribution is -0.117. The molecule has 6 heteroatoms. The molecule has 0 aliphatic carbocycles. The van der Waals surface area contributed by atoms with Crippen molar-refractivity contribution >= 4 is 39.1 Å². The first-order chi connectivity index (χ1) is 8.49. The molecule has 0 saturated heterocycles. The number of carbonyl (C=O) groups is 1. The number of nitrogens with one attached hydrogen (secondary N) is 1. The van der Waals surface area contributed by atoms with Crippen molar-refractivity contribution in [2.24, 2.45) is 5.73 Å². The Morgan fingerprint density at radius 1 is 1.56 bits per heavy atom. The molecule has 0 saturated carbocycles. The summed E-state index contributed by atoms with van der Waals surface area (Å²) in [5, 5.41) is 3.23. The molecule has 4 nitrogen and oxygen atoms in total. The topological polar surface area (TPSA) is 64.3 Å². The van der Waals surface area contributed by atoms with Crippen molar-refractivity contribution in [1.29, 1.82) is 0 Å². The fraction of sp³-hybridized carbons (Fsp3) is 0.417. The predicted molar refractivity (Wildman–Crippen MR) is 77.2 cm³/mol. The molecular weight excluding hydrogens is 320 g/mol. The molecule has 0 unspecified atom stereocenters. The summed E-state index contributed by atoms with van der Waals surface area (Å²) in [5.41, 5.74) is 6.19. The van der Waals surface area contributed by atoms with Crippen molar-refractivity contribution in [3.8, 4) is 5.75 Å². The van der Waals surface area contributed by atoms with Crippen LogP contribution in [-0.4, -0.2) is 18.6 Å². The Hall–Kier alpha value is -0.780. The van der Waals surface area contributed by atoms with Gasteiger partial charge in [0.2, 0.25) is 5.91 Å². The highest BCUT2D eigenvalue weighted by molar-refractivity contribution is 9.10. The van der Waals surface area contributed by atoms with E-state index in [0.29, 0.717) is 34.0 Å². The van der Waals surface area contributed by atoms with Crippen LogP contribution in [-0.2, 0) is 4.79 Å². The van der Waals surface area contributed by atoms with E-state index in [1.165, 1.54) is 0 Å². The van der Waals surface area contributed by atoms with Gasteiger partial charge in [-0.25, -0.2) is 0 Å². The standard InChI is InChI=1S/C12H16BrClN2O2/c1-3-9(15)12(17)16-10-6-7(14)5-8(13)11(10)18-4-2/h5-6,9H,3-4,15H2,1-2H3,(H,16,17)/t9-/m0/s1. The number of hydrogen-bond acceptors (Lipinski definition) is 3. The largest absolute Gasteiger partial charge is 0.491 e. The van der Waals surface area contributed by atoms with Crippen LogP contribution in [0.2, 0.25) is 5.02 Å². The molecule has 0 fully saturated rings. The van der Waals surface area contributed by atoms with Gasteiger partial charge >= 0.3 is 0 Å². The Balaban J connectivity index is 3.02. The third-order valence-electron chi connectivity index (χ3n) is 2.33. The molecule has 1 aromatic carbocycles. The monoisotopic (exact) mass is 334 g/mol. The van der Waals surface area contributed by atoms with Gasteiger partial charge in [0.15, 0.2) is 5.75 Å². The van der Waals surface area contributed by atoms with E-state index in [4.69, 9.17) is 22.1 Å². The minimum atomic E-state index is -0.544. The van der Waals surface area contributed by atoms with Crippen molar-refractivity contribution in [2.75, 3.05) is 11.9 Å². The summed E-state index contributed by atoms with van der Waals surface area (Å²) in [6.45, 7) is 4.20. The SMILES string of the molecule is CCOc1c(Br)cc(Cl)cc1NC(=O)[C@@H](N)CC. The molecule has 0 aliphatic rings. The molecule has 0 heterocycles. The van der Waals surface area contributed by atoms with Gasteiger partial charge < -0.3 is 15.8 Å². The maximum Gasteiger partial charge on any atom is 0.241 e. The van der Waals surface area contributed by atoms with E-state index in [-0.39, 0.29) is 5.91 Å². The summed E-state index contributed by atoms with van der Waals surface area (Å²) in [7, 11) is 0. The third-order valence-corrected chi connectivity index (χ3v) is 3.14. The van der Waals surface area contributed by atoms with E-state index in [1.54, 1.807) is 12.1 Å². The van der Waals surface area contributed by atoms with Gasteiger partial charge in [0, 0.05) is 5.02 Å². The van der Waals surface area contributed by atoms with Crippen LogP contribution in [0.25, 0.3) is 0 Å². The summed E-state index contributed by atoms with van der Waals surface area (Å²) in [6, 6.07) is 2.80. The number of ether oxygens (including phenoxy) is 1. The molecule has 0 aromatic heterocycles. The number of benzene rings is 1. The lowest BCUT2D eigenvalue weighted by Gasteiger charge is -2.15. The normalized spacial score (nSPS) is 12.1. The second-order valence-electron chi connectivity index (χ2n) is 3.70. The highest BCUT2D eigenvalue weighted by atomic mass is 79.9. The van der Waals surface area contributed by atoms with E-state index in [2.05, 4.69) is 21.2 Å². The second-order valence-corrected chi connectivity index (χ2v) is 4.99. The first kappa shape index (κ1) is 15.3. The second kappa shape index (κ2) is 6.97. The number of carbonyl (C=O) groups excluding carboxylic acids is 1. The molecule has 18 heavy (non-hydrogen) atoms. The molecule has 0 bridgehead atoms. The predicted octanol–water partition coefficient (Wildman–Crippen LogP) is 3.18. The van der Waals surface area contributed by atoms with Gasteiger partial charge in [-0.05, 0) is 41.4 Å². The molecule has 1 amide bonds. The number of hydrogen-bond donors (Lipinski definition) is 2. The number of rotatable bonds is 5. The van der Waals surface area contributed by atoms with Gasteiger partial charge in [0.05, 0.1) is 22.8 Å². The first-order valence-corrected chi connectivity index (χ1v) is 6.85. The maximum absolute atomic E-state index is 11.8. The van der Waals surface area contributed by atoms with Crippen molar-refractivity contribution in [2.45, 2.75) is 26.3 Å². The molecule has 3 N–H and O–H groups in total. The summed E-state index contributed by atoms with van der Waals surface area (Å²) in [4.78, 5) is 11.8. The maximum atomic E-state index is 11.8. The van der Waals surface area contributed by atoms with E-state index >= 15 is 0 Å². The summed E-state index contributed by atoms with van der Waals surface area (Å²) >= 11 is 9.30. The van der Waals surface area contributed by atoms with Crippen LogP contribution in [0.1, 0.15) is 20.3 Å². The van der Waals surface area contributed by atoms with Gasteiger partial charge in [-0.15, -0.1) is 0 Å². The molecule has 1 rings (SSSR count). The van der Waals surface area contributed by atoms with Crippen molar-refractivity contribution < 1.29 is 9.53 Å². The molecule has 1 aromatic rings. The zero-order chi connectivity index (χ0) is 13.7. The van der Waals surface area contributed by atoms with Crippen molar-refractivity contribution in [1.82, 2.24) is 0 Å². The van der Waals surface area contributed by atoms with Gasteiger partial charge in [-0.1, -0.05) is 18.5 Å². The van der Waals surface area contributed by atoms with E-state index in [0.717, 1.165) is 0 Å². The minimum Gasteiger partial charge on any atom is -0.491 e. The van der Waals surface area contributed by atoms with Crippen LogP contribution in [0.3, 0.4) is 0 Å². The summed E-state index contributed by atoms with van der Waals surface area (Å²) in [6.07, 6.45) is 0.567. The van der Waals surface area contributed by atoms with E-state index in [1.807, 2.05) is 13.8 Å². The quantitative estimate of drug-likeness (QED) is 0.868. The Morgan fingerprint density at radius 2 is 2.22 bits per heavy atom. The third kappa shape index (κ3) is 3.86.